The molecule has 1 fully saturated rings. The second-order valence-electron chi connectivity index (χ2n) is 10.8. The molecule has 4 aromatic carbocycles. The molecule has 1 aliphatic heterocycles. The maximum absolute atomic E-state index is 14.4. The number of carbonyl (C=O) groups excluding carboxylic acids is 3. The second kappa shape index (κ2) is 9.93. The number of hydrazone groups is 1. The SMILES string of the molecule is O=C(CCc1ccccc1)N/N=C\C12c3ccccc3C(c3ccccc31)[C@@H]1C(=O)N(c3ccc(Br)cc3)C(=O)[C@H]12. The number of anilines is 1. The van der Waals surface area contributed by atoms with E-state index in [1.807, 2.05) is 91.0 Å². The van der Waals surface area contributed by atoms with Gasteiger partial charge in [0.1, 0.15) is 0 Å². The normalized spacial score (nSPS) is 23.8. The molecule has 1 heterocycles. The van der Waals surface area contributed by atoms with Crippen LogP contribution in [0, 0.1) is 11.8 Å². The van der Waals surface area contributed by atoms with E-state index in [4.69, 9.17) is 0 Å². The molecule has 1 N–H and O–H groups in total. The third kappa shape index (κ3) is 3.90. The zero-order valence-electron chi connectivity index (χ0n) is 22.0. The van der Waals surface area contributed by atoms with E-state index in [0.717, 1.165) is 32.3 Å². The Morgan fingerprint density at radius 2 is 1.44 bits per heavy atom. The predicted molar refractivity (Wildman–Crippen MR) is 161 cm³/mol. The lowest BCUT2D eigenvalue weighted by atomic mass is 9.47. The van der Waals surface area contributed by atoms with Crippen molar-refractivity contribution in [3.63, 3.8) is 0 Å². The highest BCUT2D eigenvalue weighted by Crippen LogP contribution is 2.63. The lowest BCUT2D eigenvalue weighted by molar-refractivity contribution is -0.123. The fraction of sp³-hybridized carbons (Fsp3) is 0.176. The Kier molecular flexibility index (Phi) is 6.20. The van der Waals surface area contributed by atoms with E-state index in [9.17, 15) is 14.4 Å². The topological polar surface area (TPSA) is 78.8 Å². The zero-order chi connectivity index (χ0) is 28.1. The molecule has 4 aromatic rings. The first-order valence-corrected chi connectivity index (χ1v) is 14.5. The van der Waals surface area contributed by atoms with E-state index in [-0.39, 0.29) is 30.1 Å². The van der Waals surface area contributed by atoms with Gasteiger partial charge < -0.3 is 0 Å². The average Bonchev–Trinajstić information content (AvgIpc) is 3.28. The standard InChI is InChI=1S/C34H26BrN3O3/c35-22-15-17-23(18-16-22)38-32(40)30-29-24-10-4-6-12-26(24)34(31(30)33(38)41,27-13-7-5-11-25(27)29)20-36-37-28(39)19-14-21-8-2-1-3-9-21/h1-13,15-18,20,29-31H,14,19H2,(H,37,39)/b36-20-/t29?,30-,31-,34?/m0/s1. The molecule has 4 aliphatic rings. The van der Waals surface area contributed by atoms with Crippen LogP contribution in [0.15, 0.2) is 113 Å². The van der Waals surface area contributed by atoms with Gasteiger partial charge in [-0.2, -0.15) is 5.10 Å². The van der Waals surface area contributed by atoms with E-state index >= 15 is 0 Å². The molecule has 7 heteroatoms. The van der Waals surface area contributed by atoms with Gasteiger partial charge in [0.15, 0.2) is 0 Å². The van der Waals surface area contributed by atoms with E-state index in [0.29, 0.717) is 12.1 Å². The molecule has 0 radical (unpaired) electrons. The van der Waals surface area contributed by atoms with Crippen LogP contribution in [0.2, 0.25) is 0 Å². The van der Waals surface area contributed by atoms with Crippen molar-refractivity contribution in [2.24, 2.45) is 16.9 Å². The summed E-state index contributed by atoms with van der Waals surface area (Å²) in [6.45, 7) is 0. The lowest BCUT2D eigenvalue weighted by Crippen LogP contribution is -2.54. The molecule has 0 aromatic heterocycles. The number of rotatable bonds is 6. The van der Waals surface area contributed by atoms with E-state index in [2.05, 4.69) is 26.5 Å². The summed E-state index contributed by atoms with van der Waals surface area (Å²) >= 11 is 3.45. The Morgan fingerprint density at radius 1 is 0.829 bits per heavy atom. The Balaban J connectivity index is 1.31. The smallest absolute Gasteiger partial charge is 0.240 e. The fourth-order valence-electron chi connectivity index (χ4n) is 7.06. The summed E-state index contributed by atoms with van der Waals surface area (Å²) in [5, 5.41) is 4.49. The van der Waals surface area contributed by atoms with Gasteiger partial charge in [-0.25, -0.2) is 10.3 Å². The van der Waals surface area contributed by atoms with E-state index in [1.54, 1.807) is 18.3 Å². The van der Waals surface area contributed by atoms with Crippen molar-refractivity contribution < 1.29 is 14.4 Å². The highest BCUT2D eigenvalue weighted by molar-refractivity contribution is 9.10. The number of amides is 3. The lowest BCUT2D eigenvalue weighted by Gasteiger charge is -2.52. The number of halogens is 1. The summed E-state index contributed by atoms with van der Waals surface area (Å²) in [6, 6.07) is 33.1. The van der Waals surface area contributed by atoms with Crippen LogP contribution in [0.3, 0.4) is 0 Å². The monoisotopic (exact) mass is 603 g/mol. The van der Waals surface area contributed by atoms with Crippen LogP contribution < -0.4 is 10.3 Å². The van der Waals surface area contributed by atoms with Gasteiger partial charge in [-0.3, -0.25) is 14.4 Å². The van der Waals surface area contributed by atoms with Crippen LogP contribution >= 0.6 is 15.9 Å². The van der Waals surface area contributed by atoms with Gasteiger partial charge in [0.2, 0.25) is 17.7 Å². The molecule has 6 nitrogen and oxygen atoms in total. The number of aryl methyl sites for hydroxylation is 1. The third-order valence-corrected chi connectivity index (χ3v) is 9.24. The number of hydrogen-bond acceptors (Lipinski definition) is 4. The number of benzene rings is 4. The molecule has 0 saturated carbocycles. The van der Waals surface area contributed by atoms with Gasteiger partial charge in [-0.1, -0.05) is 94.8 Å². The van der Waals surface area contributed by atoms with E-state index in [1.165, 1.54) is 4.90 Å². The molecular weight excluding hydrogens is 578 g/mol. The first-order valence-electron chi connectivity index (χ1n) is 13.7. The number of nitrogens with one attached hydrogen (secondary N) is 1. The van der Waals surface area contributed by atoms with Crippen LogP contribution in [-0.2, 0) is 26.2 Å². The number of imide groups is 1. The van der Waals surface area contributed by atoms with Crippen LogP contribution in [0.5, 0.6) is 0 Å². The minimum absolute atomic E-state index is 0.207. The molecule has 1 saturated heterocycles. The third-order valence-electron chi connectivity index (χ3n) is 8.71. The average molecular weight is 605 g/mol. The van der Waals surface area contributed by atoms with Crippen molar-refractivity contribution in [2.75, 3.05) is 4.90 Å². The number of nitrogens with zero attached hydrogens (tertiary/aromatic N) is 2. The van der Waals surface area contributed by atoms with Gasteiger partial charge in [0.05, 0.1) is 22.9 Å². The van der Waals surface area contributed by atoms with Gasteiger partial charge in [0.25, 0.3) is 0 Å². The molecule has 3 aliphatic carbocycles. The Morgan fingerprint density at radius 3 is 2.10 bits per heavy atom. The van der Waals surface area contributed by atoms with Gasteiger partial charge in [-0.15, -0.1) is 0 Å². The molecule has 3 amide bonds. The van der Waals surface area contributed by atoms with Crippen LogP contribution in [0.4, 0.5) is 5.69 Å². The first-order chi connectivity index (χ1) is 20.0. The summed E-state index contributed by atoms with van der Waals surface area (Å²) < 4.78 is 0.865. The first kappa shape index (κ1) is 25.6. The van der Waals surface area contributed by atoms with Gasteiger partial charge in [0, 0.05) is 23.0 Å². The van der Waals surface area contributed by atoms with Gasteiger partial charge in [-0.05, 0) is 58.5 Å². The largest absolute Gasteiger partial charge is 0.274 e. The zero-order valence-corrected chi connectivity index (χ0v) is 23.6. The summed E-state index contributed by atoms with van der Waals surface area (Å²) in [5.41, 5.74) is 7.26. The Bertz CT molecular complexity index is 1670. The van der Waals surface area contributed by atoms with Crippen molar-refractivity contribution in [3.8, 4) is 0 Å². The van der Waals surface area contributed by atoms with Crippen molar-refractivity contribution in [2.45, 2.75) is 24.2 Å². The highest BCUT2D eigenvalue weighted by Gasteiger charge is 2.68. The van der Waals surface area contributed by atoms with Crippen LogP contribution in [-0.4, -0.2) is 23.9 Å². The number of carbonyl (C=O) groups is 3. The van der Waals surface area contributed by atoms with Gasteiger partial charge >= 0.3 is 0 Å². The molecule has 0 unspecified atom stereocenters. The Hall–Kier alpha value is -4.36. The molecule has 8 rings (SSSR count). The number of hydrogen-bond donors (Lipinski definition) is 1. The molecule has 2 atom stereocenters. The van der Waals surface area contributed by atoms with Crippen molar-refractivity contribution >= 4 is 45.6 Å². The highest BCUT2D eigenvalue weighted by atomic mass is 79.9. The van der Waals surface area contributed by atoms with Crippen molar-refractivity contribution in [3.05, 3.63) is 135 Å². The minimum atomic E-state index is -1.02. The predicted octanol–water partition coefficient (Wildman–Crippen LogP) is 5.73. The maximum atomic E-state index is 14.4. The quantitative estimate of drug-likeness (QED) is 0.173. The summed E-state index contributed by atoms with van der Waals surface area (Å²) in [4.78, 5) is 42.7. The fourth-order valence-corrected chi connectivity index (χ4v) is 7.32. The summed E-state index contributed by atoms with van der Waals surface area (Å²) in [6.07, 6.45) is 2.58. The second-order valence-corrected chi connectivity index (χ2v) is 11.7. The summed E-state index contributed by atoms with van der Waals surface area (Å²) in [7, 11) is 0. The molecule has 0 spiro atoms. The maximum Gasteiger partial charge on any atom is 0.240 e. The molecular formula is C34H26BrN3O3. The molecule has 202 valence electrons. The summed E-state index contributed by atoms with van der Waals surface area (Å²) in [5.74, 6) is -2.21. The Labute approximate surface area is 246 Å². The van der Waals surface area contributed by atoms with E-state index < -0.39 is 17.3 Å². The minimum Gasteiger partial charge on any atom is -0.274 e. The van der Waals surface area contributed by atoms with Crippen molar-refractivity contribution in [1.82, 2.24) is 5.43 Å². The molecule has 2 bridgehead atoms. The van der Waals surface area contributed by atoms with Crippen molar-refractivity contribution in [1.29, 1.82) is 0 Å². The van der Waals surface area contributed by atoms with Crippen LogP contribution in [0.25, 0.3) is 0 Å². The molecule has 41 heavy (non-hydrogen) atoms. The van der Waals surface area contributed by atoms with Crippen LogP contribution in [0.1, 0.15) is 40.2 Å².